The molecule has 2 aromatic rings. The van der Waals surface area contributed by atoms with Crippen molar-refractivity contribution in [2.75, 3.05) is 13.1 Å². The lowest BCUT2D eigenvalue weighted by molar-refractivity contribution is 0.379. The van der Waals surface area contributed by atoms with Crippen LogP contribution in [0.3, 0.4) is 0 Å². The molecule has 0 aromatic carbocycles. The summed E-state index contributed by atoms with van der Waals surface area (Å²) in [6, 6.07) is 5.00. The summed E-state index contributed by atoms with van der Waals surface area (Å²) in [5.41, 5.74) is 2.06. The van der Waals surface area contributed by atoms with Crippen LogP contribution < -0.4 is 10.6 Å². The highest BCUT2D eigenvalue weighted by molar-refractivity contribution is 5.71. The molecule has 112 valence electrons. The summed E-state index contributed by atoms with van der Waals surface area (Å²) in [7, 11) is 0. The van der Waals surface area contributed by atoms with E-state index in [4.69, 9.17) is 4.98 Å². The normalized spacial score (nSPS) is 26.5. The fourth-order valence-corrected chi connectivity index (χ4v) is 3.63. The van der Waals surface area contributed by atoms with Crippen LogP contribution in [0.25, 0.3) is 11.2 Å². The molecule has 2 saturated heterocycles. The number of nitrogens with one attached hydrogen (secondary N) is 2. The molecule has 4 heterocycles. The van der Waals surface area contributed by atoms with Gasteiger partial charge in [-0.3, -0.25) is 0 Å². The summed E-state index contributed by atoms with van der Waals surface area (Å²) >= 11 is 0. The third-order valence-corrected chi connectivity index (χ3v) is 4.72. The lowest BCUT2D eigenvalue weighted by Gasteiger charge is -2.24. The van der Waals surface area contributed by atoms with Gasteiger partial charge in [0, 0.05) is 18.8 Å². The summed E-state index contributed by atoms with van der Waals surface area (Å²) in [5, 5.41) is 7.22. The average molecular weight is 285 g/mol. The minimum absolute atomic E-state index is 0.384. The summed E-state index contributed by atoms with van der Waals surface area (Å²) in [6.07, 6.45) is 8.16. The monoisotopic (exact) mass is 285 g/mol. The molecule has 2 unspecified atom stereocenters. The number of fused-ring (bicyclic) bond motifs is 1. The molecule has 4 rings (SSSR count). The van der Waals surface area contributed by atoms with Crippen molar-refractivity contribution in [1.82, 2.24) is 25.2 Å². The third-order valence-electron chi connectivity index (χ3n) is 4.72. The molecule has 0 saturated carbocycles. The van der Waals surface area contributed by atoms with Crippen LogP contribution in [0.5, 0.6) is 0 Å². The van der Waals surface area contributed by atoms with E-state index in [-0.39, 0.29) is 0 Å². The van der Waals surface area contributed by atoms with Crippen LogP contribution in [0.1, 0.15) is 44.0 Å². The molecule has 2 atom stereocenters. The minimum Gasteiger partial charge on any atom is -0.312 e. The van der Waals surface area contributed by atoms with Crippen LogP contribution in [0.4, 0.5) is 0 Å². The number of imidazole rings is 1. The van der Waals surface area contributed by atoms with Crippen LogP contribution >= 0.6 is 0 Å². The number of hydrogen-bond acceptors (Lipinski definition) is 4. The molecule has 0 bridgehead atoms. The molecule has 2 N–H and O–H groups in total. The largest absolute Gasteiger partial charge is 0.312 e. The van der Waals surface area contributed by atoms with Gasteiger partial charge in [0.15, 0.2) is 5.65 Å². The summed E-state index contributed by atoms with van der Waals surface area (Å²) < 4.78 is 2.35. The van der Waals surface area contributed by atoms with Gasteiger partial charge in [-0.1, -0.05) is 6.42 Å². The third kappa shape index (κ3) is 2.56. The number of aromatic nitrogens is 3. The van der Waals surface area contributed by atoms with Crippen LogP contribution in [0.2, 0.25) is 0 Å². The van der Waals surface area contributed by atoms with Crippen molar-refractivity contribution in [2.24, 2.45) is 0 Å². The Morgan fingerprint density at radius 2 is 2.10 bits per heavy atom. The zero-order valence-electron chi connectivity index (χ0n) is 12.4. The molecule has 2 aliphatic rings. The summed E-state index contributed by atoms with van der Waals surface area (Å²) in [6.45, 7) is 3.23. The number of piperidine rings is 1. The molecule has 0 amide bonds. The Balaban J connectivity index is 1.72. The molecular formula is C16H23N5. The van der Waals surface area contributed by atoms with E-state index >= 15 is 0 Å². The van der Waals surface area contributed by atoms with Crippen molar-refractivity contribution >= 4 is 11.2 Å². The van der Waals surface area contributed by atoms with Gasteiger partial charge in [-0.25, -0.2) is 9.97 Å². The maximum atomic E-state index is 4.89. The van der Waals surface area contributed by atoms with E-state index in [0.717, 1.165) is 30.8 Å². The van der Waals surface area contributed by atoms with Crippen molar-refractivity contribution in [3.63, 3.8) is 0 Å². The molecule has 5 heteroatoms. The summed E-state index contributed by atoms with van der Waals surface area (Å²) in [5.74, 6) is 1.18. The number of rotatable bonds is 3. The van der Waals surface area contributed by atoms with Crippen LogP contribution in [-0.4, -0.2) is 33.7 Å². The van der Waals surface area contributed by atoms with E-state index < -0.39 is 0 Å². The quantitative estimate of drug-likeness (QED) is 0.905. The summed E-state index contributed by atoms with van der Waals surface area (Å²) in [4.78, 5) is 9.47. The highest BCUT2D eigenvalue weighted by Crippen LogP contribution is 2.26. The van der Waals surface area contributed by atoms with Crippen molar-refractivity contribution in [1.29, 1.82) is 0 Å². The fourth-order valence-electron chi connectivity index (χ4n) is 3.63. The first-order chi connectivity index (χ1) is 10.4. The van der Waals surface area contributed by atoms with Gasteiger partial charge in [-0.2, -0.15) is 0 Å². The van der Waals surface area contributed by atoms with Gasteiger partial charge in [0.25, 0.3) is 0 Å². The van der Waals surface area contributed by atoms with E-state index in [9.17, 15) is 0 Å². The Hall–Kier alpha value is -1.46. The molecule has 0 radical (unpaired) electrons. The van der Waals surface area contributed by atoms with Crippen molar-refractivity contribution in [3.05, 3.63) is 24.2 Å². The predicted octanol–water partition coefficient (Wildman–Crippen LogP) is 2.00. The van der Waals surface area contributed by atoms with Gasteiger partial charge < -0.3 is 15.2 Å². The van der Waals surface area contributed by atoms with E-state index in [0.29, 0.717) is 12.1 Å². The second-order valence-corrected chi connectivity index (χ2v) is 6.22. The van der Waals surface area contributed by atoms with Gasteiger partial charge in [0.05, 0.1) is 6.04 Å². The molecule has 2 aliphatic heterocycles. The molecule has 21 heavy (non-hydrogen) atoms. The lowest BCUT2D eigenvalue weighted by Crippen LogP contribution is -2.32. The maximum absolute atomic E-state index is 4.89. The standard InChI is InChI=1S/C16H23N5/c1-2-8-18-13(6-1)16-20-14-7-4-10-19-15(14)21(16)11-12-5-3-9-17-12/h4,7,10,12-13,17-18H,1-3,5-6,8-9,11H2. The first-order valence-corrected chi connectivity index (χ1v) is 8.20. The number of pyridine rings is 1. The Bertz CT molecular complexity index is 608. The van der Waals surface area contributed by atoms with Gasteiger partial charge in [-0.05, 0) is 50.9 Å². The minimum atomic E-state index is 0.384. The van der Waals surface area contributed by atoms with E-state index in [2.05, 4.69) is 26.3 Å². The Morgan fingerprint density at radius 1 is 1.14 bits per heavy atom. The second kappa shape index (κ2) is 5.73. The Kier molecular flexibility index (Phi) is 3.61. The van der Waals surface area contributed by atoms with Gasteiger partial charge in [0.2, 0.25) is 0 Å². The lowest BCUT2D eigenvalue weighted by atomic mass is 10.0. The molecule has 0 aliphatic carbocycles. The van der Waals surface area contributed by atoms with Crippen LogP contribution in [0, 0.1) is 0 Å². The van der Waals surface area contributed by atoms with Crippen LogP contribution in [-0.2, 0) is 6.54 Å². The molecular weight excluding hydrogens is 262 g/mol. The number of nitrogens with zero attached hydrogens (tertiary/aromatic N) is 3. The fraction of sp³-hybridized carbons (Fsp3) is 0.625. The van der Waals surface area contributed by atoms with Gasteiger partial charge in [-0.15, -0.1) is 0 Å². The molecule has 5 nitrogen and oxygen atoms in total. The first kappa shape index (κ1) is 13.2. The van der Waals surface area contributed by atoms with E-state index in [1.165, 1.54) is 37.9 Å². The Morgan fingerprint density at radius 3 is 2.90 bits per heavy atom. The predicted molar refractivity (Wildman–Crippen MR) is 83.1 cm³/mol. The van der Waals surface area contributed by atoms with E-state index in [1.807, 2.05) is 12.3 Å². The molecule has 0 spiro atoms. The van der Waals surface area contributed by atoms with Crippen molar-refractivity contribution in [2.45, 2.75) is 50.7 Å². The van der Waals surface area contributed by atoms with Gasteiger partial charge >= 0.3 is 0 Å². The number of hydrogen-bond donors (Lipinski definition) is 2. The maximum Gasteiger partial charge on any atom is 0.160 e. The zero-order chi connectivity index (χ0) is 14.1. The zero-order valence-corrected chi connectivity index (χ0v) is 12.4. The first-order valence-electron chi connectivity index (χ1n) is 8.20. The molecule has 2 fully saturated rings. The smallest absolute Gasteiger partial charge is 0.160 e. The second-order valence-electron chi connectivity index (χ2n) is 6.22. The van der Waals surface area contributed by atoms with Gasteiger partial charge in [0.1, 0.15) is 11.3 Å². The SMILES string of the molecule is c1cnc2c(c1)nc(C1CCCCN1)n2CC1CCCN1. The topological polar surface area (TPSA) is 54.8 Å². The highest BCUT2D eigenvalue weighted by atomic mass is 15.2. The van der Waals surface area contributed by atoms with Crippen molar-refractivity contribution in [3.8, 4) is 0 Å². The van der Waals surface area contributed by atoms with E-state index in [1.54, 1.807) is 0 Å². The highest BCUT2D eigenvalue weighted by Gasteiger charge is 2.24. The molecule has 2 aromatic heterocycles. The average Bonchev–Trinajstić information content (AvgIpc) is 3.17. The van der Waals surface area contributed by atoms with Crippen LogP contribution in [0.15, 0.2) is 18.3 Å². The van der Waals surface area contributed by atoms with Crippen molar-refractivity contribution < 1.29 is 0 Å². The Labute approximate surface area is 125 Å².